The number of aryl methyl sites for hydroxylation is 1. The molecule has 3 amide bonds. The zero-order valence-electron chi connectivity index (χ0n) is 18.1. The van der Waals surface area contributed by atoms with E-state index in [4.69, 9.17) is 0 Å². The topological polar surface area (TPSA) is 100 Å². The Labute approximate surface area is 191 Å². The molecular weight excluding hydrogens is 424 g/mol. The standard InChI is InChI=1S/C24H26N4O3S/c1-16(29)25-13-3-4-18-5-9-20(10-6-18)22-15-32-24(27-22)28-23(31)21-11-7-19(8-12-21)14-26-17(2)30/h5-12,15H,3-4,13-14H2,1-2H3,(H,25,29)(H,26,30)(H,27,28,31). The number of rotatable bonds is 9. The molecule has 0 spiro atoms. The number of anilines is 1. The Morgan fingerprint density at radius 2 is 1.53 bits per heavy atom. The molecule has 3 N–H and O–H groups in total. The molecule has 2 aromatic carbocycles. The fraction of sp³-hybridized carbons (Fsp3) is 0.250. The van der Waals surface area contributed by atoms with Crippen LogP contribution in [0, 0.1) is 0 Å². The lowest BCUT2D eigenvalue weighted by atomic mass is 10.1. The number of hydrogen-bond donors (Lipinski definition) is 3. The minimum Gasteiger partial charge on any atom is -0.356 e. The number of hydrogen-bond acceptors (Lipinski definition) is 5. The lowest BCUT2D eigenvalue weighted by Gasteiger charge is -2.05. The predicted octanol–water partition coefficient (Wildman–Crippen LogP) is 3.77. The van der Waals surface area contributed by atoms with Gasteiger partial charge in [-0.15, -0.1) is 11.3 Å². The van der Waals surface area contributed by atoms with E-state index in [1.165, 1.54) is 30.7 Å². The summed E-state index contributed by atoms with van der Waals surface area (Å²) in [5, 5.41) is 10.8. The first-order valence-electron chi connectivity index (χ1n) is 10.3. The van der Waals surface area contributed by atoms with Crippen LogP contribution in [0.15, 0.2) is 53.9 Å². The van der Waals surface area contributed by atoms with Gasteiger partial charge in [-0.05, 0) is 36.1 Å². The number of aromatic nitrogens is 1. The van der Waals surface area contributed by atoms with Crippen molar-refractivity contribution in [3.8, 4) is 11.3 Å². The Morgan fingerprint density at radius 3 is 2.19 bits per heavy atom. The average Bonchev–Trinajstić information content (AvgIpc) is 3.24. The van der Waals surface area contributed by atoms with E-state index in [0.717, 1.165) is 29.7 Å². The highest BCUT2D eigenvalue weighted by Gasteiger charge is 2.10. The minimum atomic E-state index is -0.230. The quantitative estimate of drug-likeness (QED) is 0.432. The fourth-order valence-electron chi connectivity index (χ4n) is 3.03. The largest absolute Gasteiger partial charge is 0.356 e. The molecule has 3 aromatic rings. The molecule has 0 saturated carbocycles. The summed E-state index contributed by atoms with van der Waals surface area (Å²) in [4.78, 5) is 38.9. The monoisotopic (exact) mass is 450 g/mol. The smallest absolute Gasteiger partial charge is 0.257 e. The Balaban J connectivity index is 1.54. The van der Waals surface area contributed by atoms with Crippen molar-refractivity contribution >= 4 is 34.2 Å². The summed E-state index contributed by atoms with van der Waals surface area (Å²) in [7, 11) is 0. The molecule has 32 heavy (non-hydrogen) atoms. The first kappa shape index (κ1) is 23.1. The van der Waals surface area contributed by atoms with E-state index < -0.39 is 0 Å². The van der Waals surface area contributed by atoms with Crippen LogP contribution >= 0.6 is 11.3 Å². The van der Waals surface area contributed by atoms with E-state index in [1.54, 1.807) is 12.1 Å². The maximum Gasteiger partial charge on any atom is 0.257 e. The summed E-state index contributed by atoms with van der Waals surface area (Å²) in [6.45, 7) is 4.09. The molecule has 7 nitrogen and oxygen atoms in total. The van der Waals surface area contributed by atoms with Crippen LogP contribution in [0.3, 0.4) is 0 Å². The van der Waals surface area contributed by atoms with Gasteiger partial charge in [-0.25, -0.2) is 4.98 Å². The van der Waals surface area contributed by atoms with Crippen LogP contribution in [0.25, 0.3) is 11.3 Å². The van der Waals surface area contributed by atoms with Gasteiger partial charge in [0.25, 0.3) is 5.91 Å². The van der Waals surface area contributed by atoms with Crippen molar-refractivity contribution in [3.63, 3.8) is 0 Å². The summed E-state index contributed by atoms with van der Waals surface area (Å²) < 4.78 is 0. The van der Waals surface area contributed by atoms with Gasteiger partial charge in [-0.1, -0.05) is 36.4 Å². The van der Waals surface area contributed by atoms with Crippen LogP contribution in [0.2, 0.25) is 0 Å². The van der Waals surface area contributed by atoms with Gasteiger partial charge >= 0.3 is 0 Å². The molecule has 0 fully saturated rings. The molecule has 0 radical (unpaired) electrons. The van der Waals surface area contributed by atoms with Gasteiger partial charge in [0, 0.05) is 43.4 Å². The number of thiazole rings is 1. The first-order valence-corrected chi connectivity index (χ1v) is 11.2. The van der Waals surface area contributed by atoms with Crippen molar-refractivity contribution in [2.75, 3.05) is 11.9 Å². The van der Waals surface area contributed by atoms with Crippen molar-refractivity contribution in [2.24, 2.45) is 0 Å². The van der Waals surface area contributed by atoms with E-state index in [1.807, 2.05) is 29.6 Å². The van der Waals surface area contributed by atoms with Gasteiger partial charge in [0.15, 0.2) is 5.13 Å². The summed E-state index contributed by atoms with van der Waals surface area (Å²) in [6.07, 6.45) is 1.78. The van der Waals surface area contributed by atoms with E-state index in [9.17, 15) is 14.4 Å². The normalized spacial score (nSPS) is 10.4. The molecule has 0 saturated heterocycles. The van der Waals surface area contributed by atoms with Crippen molar-refractivity contribution in [3.05, 3.63) is 70.6 Å². The molecule has 0 bridgehead atoms. The van der Waals surface area contributed by atoms with Gasteiger partial charge in [0.2, 0.25) is 11.8 Å². The lowest BCUT2D eigenvalue weighted by molar-refractivity contribution is -0.119. The number of benzene rings is 2. The molecule has 0 aliphatic heterocycles. The summed E-state index contributed by atoms with van der Waals surface area (Å²) >= 11 is 1.37. The van der Waals surface area contributed by atoms with Gasteiger partial charge in [-0.2, -0.15) is 0 Å². The molecule has 0 aliphatic carbocycles. The van der Waals surface area contributed by atoms with E-state index in [2.05, 4.69) is 33.1 Å². The van der Waals surface area contributed by atoms with E-state index >= 15 is 0 Å². The molecule has 8 heteroatoms. The second-order valence-corrected chi connectivity index (χ2v) is 8.24. The van der Waals surface area contributed by atoms with Gasteiger partial charge in [0.05, 0.1) is 5.69 Å². The van der Waals surface area contributed by atoms with Gasteiger partial charge in [0.1, 0.15) is 0 Å². The summed E-state index contributed by atoms with van der Waals surface area (Å²) in [5.41, 5.74) is 4.43. The van der Waals surface area contributed by atoms with Crippen molar-refractivity contribution in [2.45, 2.75) is 33.2 Å². The molecular formula is C24H26N4O3S. The molecule has 0 aliphatic rings. The van der Waals surface area contributed by atoms with Crippen LogP contribution in [-0.2, 0) is 22.6 Å². The molecule has 1 aromatic heterocycles. The SMILES string of the molecule is CC(=O)NCCCc1ccc(-c2csc(NC(=O)c3ccc(CNC(C)=O)cc3)n2)cc1. The van der Waals surface area contributed by atoms with Crippen LogP contribution in [0.1, 0.15) is 41.8 Å². The Bertz CT molecular complexity index is 1080. The third-order valence-electron chi connectivity index (χ3n) is 4.75. The van der Waals surface area contributed by atoms with Crippen LogP contribution in [0.4, 0.5) is 5.13 Å². The third kappa shape index (κ3) is 7.02. The second kappa shape index (κ2) is 11.2. The van der Waals surface area contributed by atoms with E-state index in [0.29, 0.717) is 23.8 Å². The number of amides is 3. The van der Waals surface area contributed by atoms with Crippen molar-refractivity contribution in [1.29, 1.82) is 0 Å². The zero-order valence-corrected chi connectivity index (χ0v) is 18.9. The lowest BCUT2D eigenvalue weighted by Crippen LogP contribution is -2.21. The molecule has 0 unspecified atom stereocenters. The second-order valence-electron chi connectivity index (χ2n) is 7.38. The van der Waals surface area contributed by atoms with Gasteiger partial charge < -0.3 is 10.6 Å². The fourth-order valence-corrected chi connectivity index (χ4v) is 3.75. The average molecular weight is 451 g/mol. The Hall–Kier alpha value is -3.52. The third-order valence-corrected chi connectivity index (χ3v) is 5.51. The first-order chi connectivity index (χ1) is 15.4. The maximum absolute atomic E-state index is 12.5. The van der Waals surface area contributed by atoms with Crippen molar-refractivity contribution in [1.82, 2.24) is 15.6 Å². The number of nitrogens with one attached hydrogen (secondary N) is 3. The number of carbonyl (C=O) groups is 3. The van der Waals surface area contributed by atoms with Crippen LogP contribution in [-0.4, -0.2) is 29.3 Å². The van der Waals surface area contributed by atoms with Crippen molar-refractivity contribution < 1.29 is 14.4 Å². The predicted molar refractivity (Wildman–Crippen MR) is 126 cm³/mol. The Morgan fingerprint density at radius 1 is 0.875 bits per heavy atom. The van der Waals surface area contributed by atoms with Crippen LogP contribution in [0.5, 0.6) is 0 Å². The Kier molecular flexibility index (Phi) is 8.10. The highest BCUT2D eigenvalue weighted by atomic mass is 32.1. The van der Waals surface area contributed by atoms with Gasteiger partial charge in [-0.3, -0.25) is 19.7 Å². The molecule has 0 atom stereocenters. The summed E-state index contributed by atoms with van der Waals surface area (Å²) in [5.74, 6) is -0.333. The molecule has 1 heterocycles. The summed E-state index contributed by atoms with van der Waals surface area (Å²) in [6, 6.07) is 15.2. The molecule has 166 valence electrons. The highest BCUT2D eigenvalue weighted by molar-refractivity contribution is 7.14. The maximum atomic E-state index is 12.5. The zero-order chi connectivity index (χ0) is 22.9. The molecule has 3 rings (SSSR count). The minimum absolute atomic E-state index is 0.00856. The number of carbonyl (C=O) groups excluding carboxylic acids is 3. The number of nitrogens with zero attached hydrogens (tertiary/aromatic N) is 1. The van der Waals surface area contributed by atoms with E-state index in [-0.39, 0.29) is 17.7 Å². The van der Waals surface area contributed by atoms with Crippen LogP contribution < -0.4 is 16.0 Å². The highest BCUT2D eigenvalue weighted by Crippen LogP contribution is 2.25.